The van der Waals surface area contributed by atoms with Crippen LogP contribution in [0.4, 0.5) is 0 Å². The van der Waals surface area contributed by atoms with Gasteiger partial charge in [-0.25, -0.2) is 0 Å². The van der Waals surface area contributed by atoms with E-state index in [9.17, 15) is 0 Å². The molecule has 0 saturated heterocycles. The normalized spacial score (nSPS) is 12.6. The van der Waals surface area contributed by atoms with E-state index in [1.165, 1.54) is 0 Å². The Hall–Kier alpha value is -0.410. The van der Waals surface area contributed by atoms with E-state index >= 15 is 0 Å². The monoisotopic (exact) mass is 348 g/mol. The molecule has 0 fully saturated rings. The summed E-state index contributed by atoms with van der Waals surface area (Å²) in [5.74, 6) is 2.58. The molecule has 0 spiro atoms. The SMILES string of the molecule is CCOc1cc(CCl)cc(Br)c1OC(C)CC(C)C. The summed E-state index contributed by atoms with van der Waals surface area (Å²) in [7, 11) is 0. The molecule has 0 aliphatic rings. The molecule has 0 aromatic heterocycles. The van der Waals surface area contributed by atoms with Crippen LogP contribution in [0.25, 0.3) is 0 Å². The van der Waals surface area contributed by atoms with Gasteiger partial charge < -0.3 is 9.47 Å². The lowest BCUT2D eigenvalue weighted by Crippen LogP contribution is -2.15. The van der Waals surface area contributed by atoms with Crippen LogP contribution in [0, 0.1) is 5.92 Å². The molecule has 2 nitrogen and oxygen atoms in total. The summed E-state index contributed by atoms with van der Waals surface area (Å²) in [5.41, 5.74) is 1.01. The number of ether oxygens (including phenoxy) is 2. The average molecular weight is 350 g/mol. The molecular formula is C15H22BrClO2. The molecule has 1 rings (SSSR count). The van der Waals surface area contributed by atoms with E-state index in [1.54, 1.807) is 0 Å². The number of hydrogen-bond acceptors (Lipinski definition) is 2. The molecule has 0 radical (unpaired) electrons. The van der Waals surface area contributed by atoms with Crippen molar-refractivity contribution in [1.82, 2.24) is 0 Å². The molecule has 1 aromatic carbocycles. The van der Waals surface area contributed by atoms with Gasteiger partial charge in [-0.1, -0.05) is 13.8 Å². The topological polar surface area (TPSA) is 18.5 Å². The summed E-state index contributed by atoms with van der Waals surface area (Å²) in [6, 6.07) is 3.92. The fourth-order valence-corrected chi connectivity index (χ4v) is 2.73. The zero-order valence-corrected chi connectivity index (χ0v) is 14.3. The third kappa shape index (κ3) is 5.23. The molecule has 19 heavy (non-hydrogen) atoms. The maximum absolute atomic E-state index is 6.02. The van der Waals surface area contributed by atoms with Crippen LogP contribution in [-0.4, -0.2) is 12.7 Å². The fraction of sp³-hybridized carbons (Fsp3) is 0.600. The quantitative estimate of drug-likeness (QED) is 0.614. The molecule has 0 amide bonds. The summed E-state index contributed by atoms with van der Waals surface area (Å²) in [4.78, 5) is 0. The van der Waals surface area contributed by atoms with Crippen LogP contribution >= 0.6 is 27.5 Å². The number of benzene rings is 1. The second-order valence-corrected chi connectivity index (χ2v) is 6.15. The Balaban J connectivity index is 2.97. The van der Waals surface area contributed by atoms with E-state index in [0.29, 0.717) is 18.4 Å². The second kappa shape index (κ2) is 8.01. The molecular weight excluding hydrogens is 328 g/mol. The van der Waals surface area contributed by atoms with Crippen LogP contribution < -0.4 is 9.47 Å². The van der Waals surface area contributed by atoms with Gasteiger partial charge in [0.15, 0.2) is 11.5 Å². The molecule has 108 valence electrons. The minimum absolute atomic E-state index is 0.150. The molecule has 0 N–H and O–H groups in total. The van der Waals surface area contributed by atoms with Crippen molar-refractivity contribution < 1.29 is 9.47 Å². The van der Waals surface area contributed by atoms with Crippen molar-refractivity contribution in [2.75, 3.05) is 6.61 Å². The Morgan fingerprint density at radius 3 is 2.47 bits per heavy atom. The van der Waals surface area contributed by atoms with Crippen LogP contribution in [0.5, 0.6) is 11.5 Å². The van der Waals surface area contributed by atoms with E-state index in [1.807, 2.05) is 19.1 Å². The fourth-order valence-electron chi connectivity index (χ4n) is 1.99. The van der Waals surface area contributed by atoms with Gasteiger partial charge in [0.1, 0.15) is 0 Å². The lowest BCUT2D eigenvalue weighted by atomic mass is 10.1. The zero-order valence-electron chi connectivity index (χ0n) is 12.0. The Morgan fingerprint density at radius 1 is 1.26 bits per heavy atom. The smallest absolute Gasteiger partial charge is 0.175 e. The number of rotatable bonds is 7. The molecule has 0 bridgehead atoms. The van der Waals surface area contributed by atoms with Crippen molar-refractivity contribution >= 4 is 27.5 Å². The van der Waals surface area contributed by atoms with Crippen molar-refractivity contribution in [2.24, 2.45) is 5.92 Å². The first-order valence-electron chi connectivity index (χ1n) is 6.65. The predicted octanol–water partition coefficient (Wildman–Crippen LogP) is 5.40. The van der Waals surface area contributed by atoms with E-state index < -0.39 is 0 Å². The molecule has 0 aliphatic heterocycles. The largest absolute Gasteiger partial charge is 0.490 e. The highest BCUT2D eigenvalue weighted by Gasteiger charge is 2.15. The molecule has 1 aromatic rings. The first kappa shape index (κ1) is 16.6. The molecule has 4 heteroatoms. The highest BCUT2D eigenvalue weighted by molar-refractivity contribution is 9.10. The van der Waals surface area contributed by atoms with Gasteiger partial charge in [-0.15, -0.1) is 11.6 Å². The van der Waals surface area contributed by atoms with Gasteiger partial charge in [0, 0.05) is 5.88 Å². The molecule has 0 heterocycles. The highest BCUT2D eigenvalue weighted by atomic mass is 79.9. The van der Waals surface area contributed by atoms with Crippen molar-refractivity contribution in [3.05, 3.63) is 22.2 Å². The lowest BCUT2D eigenvalue weighted by molar-refractivity contribution is 0.181. The van der Waals surface area contributed by atoms with Gasteiger partial charge in [0.25, 0.3) is 0 Å². The minimum atomic E-state index is 0.150. The van der Waals surface area contributed by atoms with Crippen LogP contribution in [0.1, 0.15) is 39.7 Å². The highest BCUT2D eigenvalue weighted by Crippen LogP contribution is 2.38. The van der Waals surface area contributed by atoms with Crippen LogP contribution in [-0.2, 0) is 5.88 Å². The van der Waals surface area contributed by atoms with Crippen molar-refractivity contribution in [3.8, 4) is 11.5 Å². The Kier molecular flexibility index (Phi) is 7.01. The zero-order chi connectivity index (χ0) is 14.4. The summed E-state index contributed by atoms with van der Waals surface area (Å²) >= 11 is 9.42. The Bertz CT molecular complexity index is 407. The summed E-state index contributed by atoms with van der Waals surface area (Å²) in [6.45, 7) is 9.03. The third-order valence-electron chi connectivity index (χ3n) is 2.65. The van der Waals surface area contributed by atoms with E-state index in [-0.39, 0.29) is 6.10 Å². The van der Waals surface area contributed by atoms with E-state index in [4.69, 9.17) is 21.1 Å². The van der Waals surface area contributed by atoms with Crippen LogP contribution in [0.2, 0.25) is 0 Å². The van der Waals surface area contributed by atoms with Crippen molar-refractivity contribution in [3.63, 3.8) is 0 Å². The maximum atomic E-state index is 6.02. The summed E-state index contributed by atoms with van der Waals surface area (Å²) in [5, 5.41) is 0. The van der Waals surface area contributed by atoms with Gasteiger partial charge in [0.05, 0.1) is 17.2 Å². The van der Waals surface area contributed by atoms with Gasteiger partial charge in [0.2, 0.25) is 0 Å². The third-order valence-corrected chi connectivity index (χ3v) is 3.54. The first-order chi connectivity index (χ1) is 8.97. The molecule has 0 saturated carbocycles. The number of halogens is 2. The minimum Gasteiger partial charge on any atom is -0.490 e. The molecule has 0 aliphatic carbocycles. The second-order valence-electron chi connectivity index (χ2n) is 5.03. The standard InChI is InChI=1S/C15H22BrClO2/c1-5-18-14-8-12(9-17)7-13(16)15(14)19-11(4)6-10(2)3/h7-8,10-11H,5-6,9H2,1-4H3. The van der Waals surface area contributed by atoms with Crippen LogP contribution in [0.3, 0.4) is 0 Å². The van der Waals surface area contributed by atoms with Crippen LogP contribution in [0.15, 0.2) is 16.6 Å². The average Bonchev–Trinajstić information content (AvgIpc) is 2.32. The maximum Gasteiger partial charge on any atom is 0.175 e. The molecule has 1 unspecified atom stereocenters. The molecule has 1 atom stereocenters. The van der Waals surface area contributed by atoms with Crippen molar-refractivity contribution in [1.29, 1.82) is 0 Å². The Labute approximate surface area is 129 Å². The summed E-state index contributed by atoms with van der Waals surface area (Å²) < 4.78 is 12.6. The first-order valence-corrected chi connectivity index (χ1v) is 7.98. The number of alkyl halides is 1. The van der Waals surface area contributed by atoms with E-state index in [0.717, 1.165) is 28.0 Å². The Morgan fingerprint density at radius 2 is 1.95 bits per heavy atom. The summed E-state index contributed by atoms with van der Waals surface area (Å²) in [6.07, 6.45) is 1.16. The van der Waals surface area contributed by atoms with Gasteiger partial charge >= 0.3 is 0 Å². The lowest BCUT2D eigenvalue weighted by Gasteiger charge is -2.20. The van der Waals surface area contributed by atoms with Gasteiger partial charge in [-0.05, 0) is 59.8 Å². The predicted molar refractivity (Wildman–Crippen MR) is 84.4 cm³/mol. The van der Waals surface area contributed by atoms with Crippen molar-refractivity contribution in [2.45, 2.75) is 46.1 Å². The van der Waals surface area contributed by atoms with E-state index in [2.05, 4.69) is 36.7 Å². The number of hydrogen-bond donors (Lipinski definition) is 0. The van der Waals surface area contributed by atoms with Gasteiger partial charge in [-0.2, -0.15) is 0 Å². The van der Waals surface area contributed by atoms with Gasteiger partial charge in [-0.3, -0.25) is 0 Å².